The maximum atomic E-state index is 6.07. The van der Waals surface area contributed by atoms with E-state index in [4.69, 9.17) is 14.2 Å². The van der Waals surface area contributed by atoms with Crippen molar-refractivity contribution in [3.05, 3.63) is 36.9 Å². The third-order valence-corrected chi connectivity index (χ3v) is 5.66. The highest BCUT2D eigenvalue weighted by Crippen LogP contribution is 2.36. The summed E-state index contributed by atoms with van der Waals surface area (Å²) < 4.78 is 21.4. The van der Waals surface area contributed by atoms with Crippen LogP contribution in [0.15, 0.2) is 36.9 Å². The van der Waals surface area contributed by atoms with Gasteiger partial charge in [0.1, 0.15) is 36.7 Å². The molecule has 2 fully saturated rings. The molecule has 31 heavy (non-hydrogen) atoms. The van der Waals surface area contributed by atoms with Crippen molar-refractivity contribution in [3.8, 4) is 17.4 Å². The van der Waals surface area contributed by atoms with Gasteiger partial charge < -0.3 is 19.5 Å². The molecule has 0 radical (unpaired) electrons. The minimum atomic E-state index is -0.138. The van der Waals surface area contributed by atoms with Crippen LogP contribution in [-0.4, -0.2) is 73.0 Å². The summed E-state index contributed by atoms with van der Waals surface area (Å²) in [6, 6.07) is 7.80. The quantitative estimate of drug-likeness (QED) is 0.571. The van der Waals surface area contributed by atoms with Gasteiger partial charge in [0.25, 0.3) is 0 Å². The SMILES string of the molecule is CC(C)CCNC1COC2C1OCC2n1nnnc1Oc1ccc(-n2cncn2)cc1. The molecule has 2 aromatic heterocycles. The van der Waals surface area contributed by atoms with Gasteiger partial charge >= 0.3 is 6.01 Å². The van der Waals surface area contributed by atoms with E-state index in [1.54, 1.807) is 15.7 Å². The Bertz CT molecular complexity index is 975. The molecular weight excluding hydrogens is 400 g/mol. The minimum Gasteiger partial charge on any atom is -0.423 e. The van der Waals surface area contributed by atoms with Gasteiger partial charge in [-0.05, 0) is 53.6 Å². The van der Waals surface area contributed by atoms with Crippen LogP contribution in [-0.2, 0) is 9.47 Å². The van der Waals surface area contributed by atoms with Crippen LogP contribution < -0.4 is 10.1 Å². The molecule has 5 rings (SSSR count). The second kappa shape index (κ2) is 8.69. The fourth-order valence-corrected chi connectivity index (χ4v) is 4.00. The largest absolute Gasteiger partial charge is 0.423 e. The number of aromatic nitrogens is 7. The van der Waals surface area contributed by atoms with Gasteiger partial charge in [-0.3, -0.25) is 0 Å². The Morgan fingerprint density at radius 2 is 2.00 bits per heavy atom. The van der Waals surface area contributed by atoms with Crippen LogP contribution in [0.4, 0.5) is 0 Å². The van der Waals surface area contributed by atoms with Crippen molar-refractivity contribution in [3.63, 3.8) is 0 Å². The summed E-state index contributed by atoms with van der Waals surface area (Å²) in [4.78, 5) is 3.96. The summed E-state index contributed by atoms with van der Waals surface area (Å²) in [5.74, 6) is 1.28. The summed E-state index contributed by atoms with van der Waals surface area (Å²) >= 11 is 0. The smallest absolute Gasteiger partial charge is 0.341 e. The number of nitrogens with zero attached hydrogens (tertiary/aromatic N) is 7. The van der Waals surface area contributed by atoms with Crippen molar-refractivity contribution in [2.75, 3.05) is 19.8 Å². The average molecular weight is 426 g/mol. The van der Waals surface area contributed by atoms with Crippen molar-refractivity contribution < 1.29 is 14.2 Å². The van der Waals surface area contributed by atoms with Crippen LogP contribution in [0.5, 0.6) is 11.8 Å². The fraction of sp³-hybridized carbons (Fsp3) is 0.550. The first-order valence-corrected chi connectivity index (χ1v) is 10.6. The highest BCUT2D eigenvalue weighted by Gasteiger charge is 2.49. The molecule has 0 spiro atoms. The number of rotatable bonds is 8. The van der Waals surface area contributed by atoms with Gasteiger partial charge in [-0.1, -0.05) is 18.9 Å². The molecule has 164 valence electrons. The Labute approximate surface area is 179 Å². The lowest BCUT2D eigenvalue weighted by Gasteiger charge is -2.18. The standard InChI is InChI=1S/C20H26N8O3/c1-13(2)7-8-22-16-9-29-19-17(10-30-18(16)19)28-20(24-25-26-28)31-15-5-3-14(4-6-15)27-12-21-11-23-27/h3-6,11-13,16-19,22H,7-10H2,1-2H3. The second-order valence-corrected chi connectivity index (χ2v) is 8.25. The van der Waals surface area contributed by atoms with E-state index < -0.39 is 0 Å². The summed E-state index contributed by atoms with van der Waals surface area (Å²) in [6.45, 7) is 6.49. The number of hydrogen-bond donors (Lipinski definition) is 1. The van der Waals surface area contributed by atoms with E-state index in [-0.39, 0.29) is 24.3 Å². The molecule has 2 aliphatic rings. The lowest BCUT2D eigenvalue weighted by Crippen LogP contribution is -2.41. The number of tetrazole rings is 1. The first-order valence-electron chi connectivity index (χ1n) is 10.6. The Balaban J connectivity index is 1.25. The number of fused-ring (bicyclic) bond motifs is 1. The summed E-state index contributed by atoms with van der Waals surface area (Å²) in [5.41, 5.74) is 0.881. The third-order valence-electron chi connectivity index (χ3n) is 5.66. The number of nitrogens with one attached hydrogen (secondary N) is 1. The van der Waals surface area contributed by atoms with Crippen LogP contribution in [0.2, 0.25) is 0 Å². The van der Waals surface area contributed by atoms with Gasteiger partial charge in [-0.15, -0.1) is 0 Å². The van der Waals surface area contributed by atoms with E-state index in [1.807, 2.05) is 24.3 Å². The summed E-state index contributed by atoms with van der Waals surface area (Å²) in [7, 11) is 0. The highest BCUT2D eigenvalue weighted by atomic mass is 16.6. The van der Waals surface area contributed by atoms with Crippen molar-refractivity contribution in [2.45, 2.75) is 44.6 Å². The monoisotopic (exact) mass is 426 g/mol. The maximum Gasteiger partial charge on any atom is 0.341 e. The summed E-state index contributed by atoms with van der Waals surface area (Å²) in [6.07, 6.45) is 4.12. The molecule has 4 heterocycles. The van der Waals surface area contributed by atoms with Crippen LogP contribution in [0.25, 0.3) is 5.69 Å². The van der Waals surface area contributed by atoms with Crippen LogP contribution in [0.1, 0.15) is 26.3 Å². The molecule has 4 atom stereocenters. The van der Waals surface area contributed by atoms with E-state index >= 15 is 0 Å². The Kier molecular flexibility index (Phi) is 5.62. The van der Waals surface area contributed by atoms with Crippen molar-refractivity contribution in [1.29, 1.82) is 0 Å². The zero-order chi connectivity index (χ0) is 21.2. The Morgan fingerprint density at radius 1 is 1.16 bits per heavy atom. The van der Waals surface area contributed by atoms with Gasteiger partial charge in [0.2, 0.25) is 0 Å². The molecule has 4 unspecified atom stereocenters. The lowest BCUT2D eigenvalue weighted by atomic mass is 10.1. The van der Waals surface area contributed by atoms with Gasteiger partial charge in [0.15, 0.2) is 0 Å². The Morgan fingerprint density at radius 3 is 2.77 bits per heavy atom. The summed E-state index contributed by atoms with van der Waals surface area (Å²) in [5, 5.41) is 19.7. The fourth-order valence-electron chi connectivity index (χ4n) is 4.00. The maximum absolute atomic E-state index is 6.07. The molecule has 3 aromatic rings. The molecule has 1 N–H and O–H groups in total. The number of benzene rings is 1. The van der Waals surface area contributed by atoms with Gasteiger partial charge in [-0.25, -0.2) is 9.67 Å². The molecule has 0 saturated carbocycles. The normalized spacial score (nSPS) is 25.3. The van der Waals surface area contributed by atoms with Crippen molar-refractivity contribution >= 4 is 0 Å². The predicted molar refractivity (Wildman–Crippen MR) is 109 cm³/mol. The van der Waals surface area contributed by atoms with Gasteiger partial charge in [-0.2, -0.15) is 9.78 Å². The first kappa shape index (κ1) is 20.0. The molecule has 1 aromatic carbocycles. The molecule has 2 aliphatic heterocycles. The minimum absolute atomic E-state index is 0.0174. The predicted octanol–water partition coefficient (Wildman–Crippen LogP) is 1.39. The zero-order valence-electron chi connectivity index (χ0n) is 17.5. The second-order valence-electron chi connectivity index (χ2n) is 8.25. The van der Waals surface area contributed by atoms with Crippen LogP contribution >= 0.6 is 0 Å². The van der Waals surface area contributed by atoms with E-state index in [2.05, 4.69) is 44.8 Å². The molecule has 0 amide bonds. The van der Waals surface area contributed by atoms with Crippen molar-refractivity contribution in [1.82, 2.24) is 40.3 Å². The molecule has 11 nitrogen and oxygen atoms in total. The molecule has 0 aliphatic carbocycles. The number of ether oxygens (including phenoxy) is 3. The van der Waals surface area contributed by atoms with Crippen LogP contribution in [0, 0.1) is 5.92 Å². The zero-order valence-corrected chi connectivity index (χ0v) is 17.5. The van der Waals surface area contributed by atoms with E-state index in [1.165, 1.54) is 6.33 Å². The van der Waals surface area contributed by atoms with E-state index in [9.17, 15) is 0 Å². The third kappa shape index (κ3) is 4.16. The van der Waals surface area contributed by atoms with E-state index in [0.717, 1.165) is 18.7 Å². The highest BCUT2D eigenvalue weighted by molar-refractivity contribution is 5.37. The lowest BCUT2D eigenvalue weighted by molar-refractivity contribution is 0.0611. The average Bonchev–Trinajstić information content (AvgIpc) is 3.55. The molecule has 11 heteroatoms. The molecule has 0 bridgehead atoms. The molecular formula is C20H26N8O3. The first-order chi connectivity index (χ1) is 15.2. The van der Waals surface area contributed by atoms with E-state index in [0.29, 0.717) is 30.9 Å². The number of hydrogen-bond acceptors (Lipinski definition) is 9. The van der Waals surface area contributed by atoms with Crippen molar-refractivity contribution in [2.24, 2.45) is 5.92 Å². The molecule has 2 saturated heterocycles. The van der Waals surface area contributed by atoms with Gasteiger partial charge in [0.05, 0.1) is 24.9 Å². The van der Waals surface area contributed by atoms with Crippen LogP contribution in [0.3, 0.4) is 0 Å². The Hall–Kier alpha value is -2.89. The topological polar surface area (TPSA) is 114 Å². The van der Waals surface area contributed by atoms with Gasteiger partial charge in [0, 0.05) is 0 Å².